The molecule has 1 aliphatic heterocycles. The topological polar surface area (TPSA) is 93.0 Å². The zero-order chi connectivity index (χ0) is 14.4. The van der Waals surface area contributed by atoms with Gasteiger partial charge < -0.3 is 10.6 Å². The molecule has 0 unspecified atom stereocenters. The Morgan fingerprint density at radius 3 is 2.75 bits per heavy atom. The van der Waals surface area contributed by atoms with Gasteiger partial charge in [-0.1, -0.05) is 6.92 Å². The van der Waals surface area contributed by atoms with Crippen LogP contribution in [0.15, 0.2) is 6.33 Å². The van der Waals surface area contributed by atoms with Crippen LogP contribution in [0, 0.1) is 10.1 Å². The third-order valence-electron chi connectivity index (χ3n) is 3.11. The van der Waals surface area contributed by atoms with Gasteiger partial charge in [-0.3, -0.25) is 10.1 Å². The molecule has 2 N–H and O–H groups in total. The van der Waals surface area contributed by atoms with E-state index < -0.39 is 4.92 Å². The van der Waals surface area contributed by atoms with Crippen LogP contribution in [0.3, 0.4) is 0 Å². The van der Waals surface area contributed by atoms with Crippen molar-refractivity contribution in [2.45, 2.75) is 32.2 Å². The first kappa shape index (κ1) is 14.8. The van der Waals surface area contributed by atoms with Crippen LogP contribution in [-0.2, 0) is 0 Å². The average Bonchev–Trinajstić information content (AvgIpc) is 2.46. The van der Waals surface area contributed by atoms with Gasteiger partial charge in [0.2, 0.25) is 11.6 Å². The summed E-state index contributed by atoms with van der Waals surface area (Å²) in [6.45, 7) is 2.65. The Morgan fingerprint density at radius 2 is 2.10 bits per heavy atom. The van der Waals surface area contributed by atoms with Gasteiger partial charge in [0.25, 0.3) is 0 Å². The van der Waals surface area contributed by atoms with Gasteiger partial charge in [0.15, 0.2) is 0 Å². The fourth-order valence-electron chi connectivity index (χ4n) is 2.07. The number of nitrogens with one attached hydrogen (secondary N) is 2. The molecule has 0 saturated carbocycles. The summed E-state index contributed by atoms with van der Waals surface area (Å²) in [5.74, 6) is 2.77. The molecule has 1 aliphatic rings. The van der Waals surface area contributed by atoms with Gasteiger partial charge in [-0.2, -0.15) is 11.8 Å². The minimum Gasteiger partial charge on any atom is -0.364 e. The molecule has 7 nitrogen and oxygen atoms in total. The van der Waals surface area contributed by atoms with Gasteiger partial charge >= 0.3 is 5.69 Å². The molecule has 20 heavy (non-hydrogen) atoms. The van der Waals surface area contributed by atoms with Crippen molar-refractivity contribution in [1.82, 2.24) is 9.97 Å². The first-order chi connectivity index (χ1) is 9.72. The van der Waals surface area contributed by atoms with E-state index in [-0.39, 0.29) is 11.7 Å². The van der Waals surface area contributed by atoms with Gasteiger partial charge in [-0.15, -0.1) is 0 Å². The van der Waals surface area contributed by atoms with Crippen molar-refractivity contribution in [2.75, 3.05) is 28.7 Å². The van der Waals surface area contributed by atoms with Crippen LogP contribution < -0.4 is 10.6 Å². The van der Waals surface area contributed by atoms with Crippen molar-refractivity contribution in [3.8, 4) is 0 Å². The molecule has 8 heteroatoms. The highest BCUT2D eigenvalue weighted by Crippen LogP contribution is 2.31. The maximum absolute atomic E-state index is 11.3. The second-order valence-corrected chi connectivity index (χ2v) is 5.86. The van der Waals surface area contributed by atoms with Crippen molar-refractivity contribution in [1.29, 1.82) is 0 Å². The quantitative estimate of drug-likeness (QED) is 0.615. The van der Waals surface area contributed by atoms with Crippen LogP contribution in [-0.4, -0.2) is 39.0 Å². The number of aromatic nitrogens is 2. The van der Waals surface area contributed by atoms with Crippen molar-refractivity contribution >= 4 is 29.1 Å². The maximum Gasteiger partial charge on any atom is 0.353 e. The largest absolute Gasteiger partial charge is 0.364 e. The summed E-state index contributed by atoms with van der Waals surface area (Å²) in [7, 11) is 0. The molecule has 0 amide bonds. The smallest absolute Gasteiger partial charge is 0.353 e. The summed E-state index contributed by atoms with van der Waals surface area (Å²) in [5.41, 5.74) is -0.0563. The number of hydrogen-bond acceptors (Lipinski definition) is 7. The number of nitrogens with zero attached hydrogens (tertiary/aromatic N) is 3. The summed E-state index contributed by atoms with van der Waals surface area (Å²) in [4.78, 5) is 18.9. The SMILES string of the molecule is CCCNc1ncnc(NC2CCSCC2)c1[N+](=O)[O-]. The lowest BCUT2D eigenvalue weighted by atomic mass is 10.1. The van der Waals surface area contributed by atoms with E-state index in [1.54, 1.807) is 0 Å². The molecule has 1 aromatic heterocycles. The van der Waals surface area contributed by atoms with Gasteiger partial charge in [0.1, 0.15) is 6.33 Å². The second-order valence-electron chi connectivity index (χ2n) is 4.63. The van der Waals surface area contributed by atoms with Crippen molar-refractivity contribution in [2.24, 2.45) is 0 Å². The number of rotatable bonds is 6. The van der Waals surface area contributed by atoms with E-state index in [9.17, 15) is 10.1 Å². The maximum atomic E-state index is 11.3. The molecule has 0 radical (unpaired) electrons. The molecule has 0 aromatic carbocycles. The Hall–Kier alpha value is -1.57. The highest BCUT2D eigenvalue weighted by Gasteiger charge is 2.25. The van der Waals surface area contributed by atoms with Crippen LogP contribution in [0.25, 0.3) is 0 Å². The van der Waals surface area contributed by atoms with E-state index in [4.69, 9.17) is 0 Å². The summed E-state index contributed by atoms with van der Waals surface area (Å²) in [6.07, 6.45) is 4.25. The van der Waals surface area contributed by atoms with E-state index in [1.165, 1.54) is 6.33 Å². The number of anilines is 2. The lowest BCUT2D eigenvalue weighted by molar-refractivity contribution is -0.383. The molecular weight excluding hydrogens is 278 g/mol. The Labute approximate surface area is 122 Å². The Kier molecular flexibility index (Phi) is 5.40. The molecular formula is C12H19N5O2S. The molecule has 0 atom stereocenters. The zero-order valence-corrected chi connectivity index (χ0v) is 12.3. The van der Waals surface area contributed by atoms with Crippen LogP contribution >= 0.6 is 11.8 Å². The fourth-order valence-corrected chi connectivity index (χ4v) is 3.17. The summed E-state index contributed by atoms with van der Waals surface area (Å²) < 4.78 is 0. The van der Waals surface area contributed by atoms with E-state index >= 15 is 0 Å². The third-order valence-corrected chi connectivity index (χ3v) is 4.16. The van der Waals surface area contributed by atoms with Gasteiger partial charge in [-0.05, 0) is 30.8 Å². The zero-order valence-electron chi connectivity index (χ0n) is 11.5. The highest BCUT2D eigenvalue weighted by atomic mass is 32.2. The molecule has 1 fully saturated rings. The first-order valence-electron chi connectivity index (χ1n) is 6.80. The van der Waals surface area contributed by atoms with Crippen LogP contribution in [0.4, 0.5) is 17.3 Å². The number of hydrogen-bond donors (Lipinski definition) is 2. The fraction of sp³-hybridized carbons (Fsp3) is 0.667. The minimum atomic E-state index is -0.419. The van der Waals surface area contributed by atoms with E-state index in [0.717, 1.165) is 30.8 Å². The van der Waals surface area contributed by atoms with Gasteiger partial charge in [-0.25, -0.2) is 9.97 Å². The van der Waals surface area contributed by atoms with Crippen molar-refractivity contribution in [3.05, 3.63) is 16.4 Å². The van der Waals surface area contributed by atoms with Crippen LogP contribution in [0.1, 0.15) is 26.2 Å². The average molecular weight is 297 g/mol. The highest BCUT2D eigenvalue weighted by molar-refractivity contribution is 7.99. The summed E-state index contributed by atoms with van der Waals surface area (Å²) in [5, 5.41) is 17.5. The number of nitro groups is 1. The normalized spacial score (nSPS) is 15.8. The lowest BCUT2D eigenvalue weighted by Gasteiger charge is -2.23. The predicted molar refractivity (Wildman–Crippen MR) is 81.4 cm³/mol. The van der Waals surface area contributed by atoms with Crippen molar-refractivity contribution < 1.29 is 4.92 Å². The summed E-state index contributed by atoms with van der Waals surface area (Å²) >= 11 is 1.91. The van der Waals surface area contributed by atoms with Gasteiger partial charge in [0, 0.05) is 12.6 Å². The standard InChI is InChI=1S/C12H19N5O2S/c1-2-5-13-11-10(17(18)19)12(15-8-14-11)16-9-3-6-20-7-4-9/h8-9H,2-7H2,1H3,(H2,13,14,15,16). The molecule has 0 spiro atoms. The van der Waals surface area contributed by atoms with E-state index in [2.05, 4.69) is 20.6 Å². The van der Waals surface area contributed by atoms with E-state index in [0.29, 0.717) is 18.2 Å². The molecule has 1 aromatic rings. The van der Waals surface area contributed by atoms with Gasteiger partial charge in [0.05, 0.1) is 4.92 Å². The Bertz CT molecular complexity index is 465. The monoisotopic (exact) mass is 297 g/mol. The Morgan fingerprint density at radius 1 is 1.40 bits per heavy atom. The minimum absolute atomic E-state index is 0.0563. The number of thioether (sulfide) groups is 1. The lowest BCUT2D eigenvalue weighted by Crippen LogP contribution is -2.25. The van der Waals surface area contributed by atoms with Crippen molar-refractivity contribution in [3.63, 3.8) is 0 Å². The second kappa shape index (κ2) is 7.28. The summed E-state index contributed by atoms with van der Waals surface area (Å²) in [6, 6.07) is 0.254. The van der Waals surface area contributed by atoms with Crippen LogP contribution in [0.5, 0.6) is 0 Å². The molecule has 2 heterocycles. The molecule has 0 bridgehead atoms. The molecule has 1 saturated heterocycles. The first-order valence-corrected chi connectivity index (χ1v) is 7.95. The third kappa shape index (κ3) is 3.72. The van der Waals surface area contributed by atoms with E-state index in [1.807, 2.05) is 18.7 Å². The predicted octanol–water partition coefficient (Wildman–Crippen LogP) is 2.51. The molecule has 0 aliphatic carbocycles. The molecule has 110 valence electrons. The molecule has 2 rings (SSSR count). The Balaban J connectivity index is 2.19. The van der Waals surface area contributed by atoms with Crippen LogP contribution in [0.2, 0.25) is 0 Å².